The van der Waals surface area contributed by atoms with Crippen molar-refractivity contribution < 1.29 is 37.0 Å². The van der Waals surface area contributed by atoms with Gasteiger partial charge in [-0.15, -0.1) is 0 Å². The zero-order chi connectivity index (χ0) is 30.7. The van der Waals surface area contributed by atoms with Gasteiger partial charge in [-0.25, -0.2) is 4.39 Å². The second-order valence-corrected chi connectivity index (χ2v) is 9.98. The van der Waals surface area contributed by atoms with E-state index in [0.717, 1.165) is 17.7 Å². The molecule has 0 radical (unpaired) electrons. The Morgan fingerprint density at radius 2 is 1.53 bits per heavy atom. The zero-order valence-electron chi connectivity index (χ0n) is 22.0. The standard InChI is InChI=1S/C32H21ClF4N2O4/c33-26-14-20(6-12-27(26)34)18-1-3-19(4-2-18)28(16-30(40)41)39-31(42)29-15-22-13-25(9-5-21(22)17-38-29)43-24-10-7-23(8-11-24)32(35,36)37/h1-15,17,28H,16H2,(H,39,42)(H,40,41). The van der Waals surface area contributed by atoms with Crippen molar-refractivity contribution in [2.75, 3.05) is 0 Å². The van der Waals surface area contributed by atoms with Gasteiger partial charge in [0.2, 0.25) is 0 Å². The van der Waals surface area contributed by atoms with Gasteiger partial charge in [0.1, 0.15) is 23.0 Å². The van der Waals surface area contributed by atoms with Crippen molar-refractivity contribution in [1.82, 2.24) is 10.3 Å². The number of hydrogen-bond donors (Lipinski definition) is 2. The van der Waals surface area contributed by atoms with Gasteiger partial charge in [-0.3, -0.25) is 14.6 Å². The molecular formula is C32H21ClF4N2O4. The van der Waals surface area contributed by atoms with E-state index in [9.17, 15) is 32.3 Å². The second-order valence-electron chi connectivity index (χ2n) is 9.58. The van der Waals surface area contributed by atoms with Gasteiger partial charge in [0.15, 0.2) is 0 Å². The molecule has 0 saturated heterocycles. The number of halogens is 5. The lowest BCUT2D eigenvalue weighted by Gasteiger charge is -2.18. The molecule has 0 bridgehead atoms. The van der Waals surface area contributed by atoms with Crippen molar-refractivity contribution in [3.8, 4) is 22.6 Å². The fourth-order valence-electron chi connectivity index (χ4n) is 4.40. The smallest absolute Gasteiger partial charge is 0.416 e. The minimum atomic E-state index is -4.46. The Morgan fingerprint density at radius 3 is 2.19 bits per heavy atom. The summed E-state index contributed by atoms with van der Waals surface area (Å²) >= 11 is 5.88. The number of hydrogen-bond acceptors (Lipinski definition) is 4. The van der Waals surface area contributed by atoms with Crippen molar-refractivity contribution in [2.45, 2.75) is 18.6 Å². The highest BCUT2D eigenvalue weighted by Gasteiger charge is 2.30. The Balaban J connectivity index is 1.34. The van der Waals surface area contributed by atoms with Gasteiger partial charge < -0.3 is 15.2 Å². The molecule has 0 spiro atoms. The maximum absolute atomic E-state index is 13.5. The average Bonchev–Trinajstić information content (AvgIpc) is 2.97. The van der Waals surface area contributed by atoms with E-state index in [-0.39, 0.29) is 16.5 Å². The third kappa shape index (κ3) is 7.10. The minimum absolute atomic E-state index is 0.0205. The van der Waals surface area contributed by atoms with Gasteiger partial charge in [-0.2, -0.15) is 13.2 Å². The Hall–Kier alpha value is -4.96. The summed E-state index contributed by atoms with van der Waals surface area (Å²) in [6, 6.07) is 20.9. The van der Waals surface area contributed by atoms with Crippen LogP contribution in [0.5, 0.6) is 11.5 Å². The first-order valence-electron chi connectivity index (χ1n) is 12.8. The highest BCUT2D eigenvalue weighted by Crippen LogP contribution is 2.32. The predicted molar refractivity (Wildman–Crippen MR) is 153 cm³/mol. The number of fused-ring (bicyclic) bond motifs is 1. The molecule has 0 aliphatic carbocycles. The van der Waals surface area contributed by atoms with Crippen molar-refractivity contribution >= 4 is 34.2 Å². The predicted octanol–water partition coefficient (Wildman–Crippen LogP) is 8.45. The van der Waals surface area contributed by atoms with Crippen LogP contribution in [0.4, 0.5) is 17.6 Å². The number of carbonyl (C=O) groups excluding carboxylic acids is 1. The summed E-state index contributed by atoms with van der Waals surface area (Å²) in [6.07, 6.45) is -3.38. The monoisotopic (exact) mass is 608 g/mol. The number of aromatic nitrogens is 1. The van der Waals surface area contributed by atoms with E-state index in [1.165, 1.54) is 36.5 Å². The van der Waals surface area contributed by atoms with E-state index >= 15 is 0 Å². The summed E-state index contributed by atoms with van der Waals surface area (Å²) in [4.78, 5) is 29.0. The van der Waals surface area contributed by atoms with Crippen LogP contribution in [0.1, 0.15) is 34.1 Å². The SMILES string of the molecule is O=C(O)CC(NC(=O)c1cc2cc(Oc3ccc(C(F)(F)F)cc3)ccc2cn1)c1ccc(-c2ccc(F)c(Cl)c2)cc1. The Labute approximate surface area is 247 Å². The number of pyridine rings is 1. The van der Waals surface area contributed by atoms with Crippen LogP contribution < -0.4 is 10.1 Å². The fraction of sp³-hybridized carbons (Fsp3) is 0.0938. The Kier molecular flexibility index (Phi) is 8.31. The molecule has 43 heavy (non-hydrogen) atoms. The number of rotatable bonds is 8. The lowest BCUT2D eigenvalue weighted by Crippen LogP contribution is -2.30. The molecule has 218 valence electrons. The molecule has 11 heteroatoms. The number of nitrogens with zero attached hydrogens (tertiary/aromatic N) is 1. The average molecular weight is 609 g/mol. The number of carbonyl (C=O) groups is 2. The molecule has 2 N–H and O–H groups in total. The number of ether oxygens (including phenoxy) is 1. The number of benzene rings is 4. The molecule has 1 aromatic heterocycles. The van der Waals surface area contributed by atoms with Gasteiger partial charge in [0.05, 0.1) is 23.0 Å². The van der Waals surface area contributed by atoms with Crippen LogP contribution in [0.2, 0.25) is 5.02 Å². The van der Waals surface area contributed by atoms with Crippen LogP contribution in [-0.2, 0) is 11.0 Å². The molecule has 5 rings (SSSR count). The van der Waals surface area contributed by atoms with Gasteiger partial charge in [-0.1, -0.05) is 41.9 Å². The molecule has 0 saturated carbocycles. The molecule has 4 aromatic carbocycles. The van der Waals surface area contributed by atoms with E-state index in [1.807, 2.05) is 0 Å². The molecule has 0 aliphatic heterocycles. The lowest BCUT2D eigenvalue weighted by molar-refractivity contribution is -0.138. The van der Waals surface area contributed by atoms with Crippen molar-refractivity contribution in [1.29, 1.82) is 0 Å². The highest BCUT2D eigenvalue weighted by molar-refractivity contribution is 6.31. The van der Waals surface area contributed by atoms with Crippen LogP contribution in [0, 0.1) is 5.82 Å². The molecule has 5 aromatic rings. The highest BCUT2D eigenvalue weighted by atomic mass is 35.5. The third-order valence-corrected chi connectivity index (χ3v) is 6.88. The lowest BCUT2D eigenvalue weighted by atomic mass is 9.99. The molecule has 6 nitrogen and oxygen atoms in total. The first-order valence-corrected chi connectivity index (χ1v) is 13.2. The first-order chi connectivity index (χ1) is 20.5. The molecule has 1 heterocycles. The van der Waals surface area contributed by atoms with Crippen molar-refractivity contribution in [3.63, 3.8) is 0 Å². The maximum atomic E-state index is 13.5. The molecule has 1 atom stereocenters. The molecule has 1 unspecified atom stereocenters. The van der Waals surface area contributed by atoms with Crippen LogP contribution in [0.15, 0.2) is 97.2 Å². The second kappa shape index (κ2) is 12.1. The van der Waals surface area contributed by atoms with Crippen LogP contribution in [0.25, 0.3) is 21.9 Å². The Morgan fingerprint density at radius 1 is 0.860 bits per heavy atom. The summed E-state index contributed by atoms with van der Waals surface area (Å²) in [7, 11) is 0. The zero-order valence-corrected chi connectivity index (χ0v) is 22.8. The van der Waals surface area contributed by atoms with Crippen LogP contribution >= 0.6 is 11.6 Å². The number of nitrogens with one attached hydrogen (secondary N) is 1. The summed E-state index contributed by atoms with van der Waals surface area (Å²) in [5.41, 5.74) is 1.14. The quantitative estimate of drug-likeness (QED) is 0.173. The number of alkyl halides is 3. The van der Waals surface area contributed by atoms with E-state index in [1.54, 1.807) is 48.5 Å². The molecule has 1 amide bonds. The van der Waals surface area contributed by atoms with Crippen molar-refractivity contribution in [3.05, 3.63) is 125 Å². The number of amides is 1. The summed E-state index contributed by atoms with van der Waals surface area (Å²) in [5, 5.41) is 13.4. The van der Waals surface area contributed by atoms with Crippen LogP contribution in [-0.4, -0.2) is 22.0 Å². The van der Waals surface area contributed by atoms with Gasteiger partial charge in [0.25, 0.3) is 5.91 Å². The summed E-state index contributed by atoms with van der Waals surface area (Å²) in [6.45, 7) is 0. The minimum Gasteiger partial charge on any atom is -0.481 e. The number of aliphatic carboxylic acids is 1. The van der Waals surface area contributed by atoms with E-state index in [0.29, 0.717) is 27.6 Å². The Bertz CT molecular complexity index is 1810. The van der Waals surface area contributed by atoms with E-state index in [4.69, 9.17) is 16.3 Å². The molecule has 0 fully saturated rings. The van der Waals surface area contributed by atoms with Gasteiger partial charge in [-0.05, 0) is 82.7 Å². The summed E-state index contributed by atoms with van der Waals surface area (Å²) < 4.78 is 57.8. The topological polar surface area (TPSA) is 88.5 Å². The maximum Gasteiger partial charge on any atom is 0.416 e. The summed E-state index contributed by atoms with van der Waals surface area (Å²) in [5.74, 6) is -1.76. The number of carboxylic acids is 1. The number of carboxylic acid groups (broad SMARTS) is 1. The van der Waals surface area contributed by atoms with Gasteiger partial charge in [0, 0.05) is 11.6 Å². The first kappa shape index (κ1) is 29.5. The van der Waals surface area contributed by atoms with E-state index < -0.39 is 41.9 Å². The van der Waals surface area contributed by atoms with Gasteiger partial charge >= 0.3 is 12.1 Å². The molecule has 0 aliphatic rings. The van der Waals surface area contributed by atoms with E-state index in [2.05, 4.69) is 10.3 Å². The normalized spacial score (nSPS) is 12.1. The largest absolute Gasteiger partial charge is 0.481 e. The fourth-order valence-corrected chi connectivity index (χ4v) is 4.58. The van der Waals surface area contributed by atoms with Crippen LogP contribution in [0.3, 0.4) is 0 Å². The third-order valence-electron chi connectivity index (χ3n) is 6.59. The van der Waals surface area contributed by atoms with Crippen molar-refractivity contribution in [2.24, 2.45) is 0 Å². The molecular weight excluding hydrogens is 588 g/mol.